The normalized spacial score (nSPS) is 15.5. The Labute approximate surface area is 146 Å². The number of benzene rings is 2. The maximum Gasteiger partial charge on any atom is 0.134 e. The molecule has 0 radical (unpaired) electrons. The first-order valence-corrected chi connectivity index (χ1v) is 8.99. The van der Waals surface area contributed by atoms with E-state index in [0.717, 1.165) is 49.4 Å². The fourth-order valence-corrected chi connectivity index (χ4v) is 3.31. The van der Waals surface area contributed by atoms with Gasteiger partial charge in [0.25, 0.3) is 0 Å². The summed E-state index contributed by atoms with van der Waals surface area (Å²) in [4.78, 5) is 2.52. The summed E-state index contributed by atoms with van der Waals surface area (Å²) >= 11 is 3.64. The summed E-state index contributed by atoms with van der Waals surface area (Å²) in [5, 5.41) is 3.39. The highest BCUT2D eigenvalue weighted by Gasteiger charge is 2.10. The van der Waals surface area contributed by atoms with E-state index in [9.17, 15) is 0 Å². The first-order valence-electron chi connectivity index (χ1n) is 8.19. The van der Waals surface area contributed by atoms with Gasteiger partial charge in [0.2, 0.25) is 0 Å². The number of ether oxygens (including phenoxy) is 1. The SMILES string of the molecule is Brc1cc(CCN2CCNCC2)ccc1OCc1ccccc1. The van der Waals surface area contributed by atoms with Crippen LogP contribution in [0.3, 0.4) is 0 Å². The second-order valence-corrected chi connectivity index (χ2v) is 6.74. The average molecular weight is 375 g/mol. The second-order valence-electron chi connectivity index (χ2n) is 5.88. The van der Waals surface area contributed by atoms with Gasteiger partial charge in [0.05, 0.1) is 4.47 Å². The van der Waals surface area contributed by atoms with E-state index >= 15 is 0 Å². The molecular formula is C19H23BrN2O. The molecule has 3 rings (SSSR count). The molecule has 1 aliphatic heterocycles. The molecule has 2 aromatic rings. The van der Waals surface area contributed by atoms with E-state index < -0.39 is 0 Å². The van der Waals surface area contributed by atoms with Crippen molar-refractivity contribution in [3.8, 4) is 5.75 Å². The Morgan fingerprint density at radius 3 is 2.52 bits per heavy atom. The Morgan fingerprint density at radius 2 is 1.78 bits per heavy atom. The Balaban J connectivity index is 1.52. The van der Waals surface area contributed by atoms with Gasteiger partial charge in [-0.15, -0.1) is 0 Å². The van der Waals surface area contributed by atoms with Crippen molar-refractivity contribution in [2.24, 2.45) is 0 Å². The van der Waals surface area contributed by atoms with E-state index in [4.69, 9.17) is 4.74 Å². The van der Waals surface area contributed by atoms with Gasteiger partial charge in [-0.1, -0.05) is 36.4 Å². The number of piperazine rings is 1. The summed E-state index contributed by atoms with van der Waals surface area (Å²) in [6, 6.07) is 16.7. The van der Waals surface area contributed by atoms with Crippen LogP contribution in [0.5, 0.6) is 5.75 Å². The molecule has 0 aliphatic carbocycles. The Kier molecular flexibility index (Phi) is 6.08. The van der Waals surface area contributed by atoms with Crippen molar-refractivity contribution in [1.29, 1.82) is 0 Å². The van der Waals surface area contributed by atoms with E-state index in [1.54, 1.807) is 0 Å². The van der Waals surface area contributed by atoms with Gasteiger partial charge >= 0.3 is 0 Å². The minimum absolute atomic E-state index is 0.597. The highest BCUT2D eigenvalue weighted by molar-refractivity contribution is 9.10. The van der Waals surface area contributed by atoms with Crippen LogP contribution in [0.15, 0.2) is 53.0 Å². The molecule has 3 nitrogen and oxygen atoms in total. The standard InChI is InChI=1S/C19H23BrN2O/c20-18-14-16(8-11-22-12-9-21-10-13-22)6-7-19(18)23-15-17-4-2-1-3-5-17/h1-7,14,21H,8-13,15H2. The molecule has 0 saturated carbocycles. The summed E-state index contributed by atoms with van der Waals surface area (Å²) in [6.45, 7) is 6.24. The molecule has 23 heavy (non-hydrogen) atoms. The van der Waals surface area contributed by atoms with Crippen LogP contribution in [0.2, 0.25) is 0 Å². The van der Waals surface area contributed by atoms with Gasteiger partial charge < -0.3 is 15.0 Å². The van der Waals surface area contributed by atoms with Crippen molar-refractivity contribution >= 4 is 15.9 Å². The topological polar surface area (TPSA) is 24.5 Å². The zero-order valence-electron chi connectivity index (χ0n) is 13.3. The first-order chi connectivity index (χ1) is 11.3. The van der Waals surface area contributed by atoms with E-state index in [2.05, 4.69) is 56.5 Å². The maximum atomic E-state index is 5.91. The molecule has 0 bridgehead atoms. The number of hydrogen-bond acceptors (Lipinski definition) is 3. The van der Waals surface area contributed by atoms with E-state index in [0.29, 0.717) is 6.61 Å². The number of nitrogens with one attached hydrogen (secondary N) is 1. The van der Waals surface area contributed by atoms with Gasteiger partial charge in [0, 0.05) is 32.7 Å². The van der Waals surface area contributed by atoms with Gasteiger partial charge in [-0.2, -0.15) is 0 Å². The van der Waals surface area contributed by atoms with Crippen LogP contribution in [0.1, 0.15) is 11.1 Å². The molecule has 0 amide bonds. The zero-order chi connectivity index (χ0) is 15.9. The molecule has 1 heterocycles. The molecule has 1 N–H and O–H groups in total. The summed E-state index contributed by atoms with van der Waals surface area (Å²) < 4.78 is 6.94. The minimum atomic E-state index is 0.597. The molecule has 1 aliphatic rings. The van der Waals surface area contributed by atoms with Crippen LogP contribution >= 0.6 is 15.9 Å². The van der Waals surface area contributed by atoms with Gasteiger partial charge in [-0.3, -0.25) is 0 Å². The molecule has 2 aromatic carbocycles. The number of rotatable bonds is 6. The molecule has 122 valence electrons. The second kappa shape index (κ2) is 8.48. The summed E-state index contributed by atoms with van der Waals surface area (Å²) in [6.07, 6.45) is 1.08. The van der Waals surface area contributed by atoms with Crippen LogP contribution in [-0.2, 0) is 13.0 Å². The monoisotopic (exact) mass is 374 g/mol. The molecule has 0 aromatic heterocycles. The van der Waals surface area contributed by atoms with Crippen LogP contribution in [0, 0.1) is 0 Å². The van der Waals surface area contributed by atoms with Crippen molar-refractivity contribution in [2.45, 2.75) is 13.0 Å². The lowest BCUT2D eigenvalue weighted by Crippen LogP contribution is -2.44. The number of hydrogen-bond donors (Lipinski definition) is 1. The fraction of sp³-hybridized carbons (Fsp3) is 0.368. The summed E-state index contributed by atoms with van der Waals surface area (Å²) in [7, 11) is 0. The highest BCUT2D eigenvalue weighted by Crippen LogP contribution is 2.27. The Morgan fingerprint density at radius 1 is 1.00 bits per heavy atom. The third-order valence-electron chi connectivity index (χ3n) is 4.16. The Hall–Kier alpha value is -1.36. The van der Waals surface area contributed by atoms with Gasteiger partial charge in [-0.25, -0.2) is 0 Å². The van der Waals surface area contributed by atoms with Gasteiger partial charge in [0.15, 0.2) is 0 Å². The lowest BCUT2D eigenvalue weighted by atomic mass is 10.1. The largest absolute Gasteiger partial charge is 0.488 e. The lowest BCUT2D eigenvalue weighted by Gasteiger charge is -2.27. The van der Waals surface area contributed by atoms with Crippen molar-refractivity contribution in [1.82, 2.24) is 10.2 Å². The zero-order valence-corrected chi connectivity index (χ0v) is 14.9. The van der Waals surface area contributed by atoms with Crippen molar-refractivity contribution in [3.05, 3.63) is 64.1 Å². The average Bonchev–Trinajstić information content (AvgIpc) is 2.61. The molecular weight excluding hydrogens is 352 g/mol. The molecule has 1 saturated heterocycles. The maximum absolute atomic E-state index is 5.91. The fourth-order valence-electron chi connectivity index (χ4n) is 2.77. The third kappa shape index (κ3) is 5.06. The van der Waals surface area contributed by atoms with Crippen molar-refractivity contribution in [2.75, 3.05) is 32.7 Å². The van der Waals surface area contributed by atoms with Crippen LogP contribution in [-0.4, -0.2) is 37.6 Å². The number of halogens is 1. The summed E-state index contributed by atoms with van der Waals surface area (Å²) in [5.41, 5.74) is 2.53. The predicted octanol–water partition coefficient (Wildman–Crippen LogP) is 3.48. The quantitative estimate of drug-likeness (QED) is 0.837. The van der Waals surface area contributed by atoms with Crippen LogP contribution in [0.25, 0.3) is 0 Å². The van der Waals surface area contributed by atoms with Gasteiger partial charge in [0.1, 0.15) is 12.4 Å². The van der Waals surface area contributed by atoms with E-state index in [1.165, 1.54) is 11.1 Å². The third-order valence-corrected chi connectivity index (χ3v) is 4.78. The Bertz CT molecular complexity index is 612. The molecule has 0 unspecified atom stereocenters. The van der Waals surface area contributed by atoms with Crippen LogP contribution < -0.4 is 10.1 Å². The highest BCUT2D eigenvalue weighted by atomic mass is 79.9. The van der Waals surface area contributed by atoms with E-state index in [1.807, 2.05) is 18.2 Å². The van der Waals surface area contributed by atoms with Crippen LogP contribution in [0.4, 0.5) is 0 Å². The van der Waals surface area contributed by atoms with Crippen molar-refractivity contribution < 1.29 is 4.74 Å². The predicted molar refractivity (Wildman–Crippen MR) is 97.9 cm³/mol. The first kappa shape index (κ1) is 16.5. The molecule has 1 fully saturated rings. The van der Waals surface area contributed by atoms with Gasteiger partial charge in [-0.05, 0) is 45.6 Å². The number of nitrogens with zero attached hydrogens (tertiary/aromatic N) is 1. The lowest BCUT2D eigenvalue weighted by molar-refractivity contribution is 0.244. The van der Waals surface area contributed by atoms with Crippen molar-refractivity contribution in [3.63, 3.8) is 0 Å². The minimum Gasteiger partial charge on any atom is -0.488 e. The molecule has 0 atom stereocenters. The smallest absolute Gasteiger partial charge is 0.134 e. The summed E-state index contributed by atoms with van der Waals surface area (Å²) in [5.74, 6) is 0.903. The molecule has 0 spiro atoms. The van der Waals surface area contributed by atoms with E-state index in [-0.39, 0.29) is 0 Å². The molecule has 4 heteroatoms.